The van der Waals surface area contributed by atoms with Gasteiger partial charge in [-0.15, -0.1) is 0 Å². The fourth-order valence-corrected chi connectivity index (χ4v) is 3.50. The highest BCUT2D eigenvalue weighted by molar-refractivity contribution is 7.71. The fourth-order valence-electron chi connectivity index (χ4n) is 3.27. The average molecular weight is 264 g/mol. The molecule has 1 aromatic heterocycles. The van der Waals surface area contributed by atoms with E-state index in [-0.39, 0.29) is 23.0 Å². The first-order chi connectivity index (χ1) is 8.62. The lowest BCUT2D eigenvalue weighted by Gasteiger charge is -2.14. The molecule has 0 bridgehead atoms. The molecule has 0 radical (unpaired) electrons. The highest BCUT2D eigenvalue weighted by Crippen LogP contribution is 2.65. The zero-order valence-corrected chi connectivity index (χ0v) is 10.2. The van der Waals surface area contributed by atoms with Crippen molar-refractivity contribution in [3.05, 3.63) is 52.1 Å². The number of nitrogens with one attached hydrogen (secondary N) is 1. The van der Waals surface area contributed by atoms with Crippen LogP contribution >= 0.6 is 12.2 Å². The summed E-state index contributed by atoms with van der Waals surface area (Å²) in [6.45, 7) is 0.649. The number of H-pyrrole nitrogens is 1. The standard InChI is InChI=1S/C13H10F2N2S/c14-7-1-2-10(15)8(3-7)13-4-9(13)11-5-16-12(18)17(11)6-13/h1-3,5,9H,4,6H2,(H,16,18)/t9-,13+/m0/s1. The molecule has 0 saturated heterocycles. The topological polar surface area (TPSA) is 20.7 Å². The largest absolute Gasteiger partial charge is 0.337 e. The molecule has 0 amide bonds. The smallest absolute Gasteiger partial charge is 0.177 e. The normalized spacial score (nSPS) is 28.0. The van der Waals surface area contributed by atoms with Crippen LogP contribution in [-0.4, -0.2) is 9.55 Å². The average Bonchev–Trinajstić information content (AvgIpc) is 2.82. The third kappa shape index (κ3) is 1.13. The van der Waals surface area contributed by atoms with Crippen LogP contribution in [0, 0.1) is 16.4 Å². The molecule has 5 heteroatoms. The zero-order valence-electron chi connectivity index (χ0n) is 9.41. The summed E-state index contributed by atoms with van der Waals surface area (Å²) in [6, 6.07) is 3.70. The Morgan fingerprint density at radius 2 is 2.22 bits per heavy atom. The van der Waals surface area contributed by atoms with E-state index in [1.54, 1.807) is 0 Å². The summed E-state index contributed by atoms with van der Waals surface area (Å²) < 4.78 is 29.9. The summed E-state index contributed by atoms with van der Waals surface area (Å²) in [4.78, 5) is 3.00. The van der Waals surface area contributed by atoms with Gasteiger partial charge in [0.2, 0.25) is 0 Å². The second-order valence-electron chi connectivity index (χ2n) is 5.14. The zero-order chi connectivity index (χ0) is 12.5. The first-order valence-corrected chi connectivity index (χ1v) is 6.26. The minimum absolute atomic E-state index is 0.266. The molecule has 2 atom stereocenters. The summed E-state index contributed by atoms with van der Waals surface area (Å²) in [5, 5.41) is 0. The molecule has 2 heterocycles. The Labute approximate surface area is 107 Å². The van der Waals surface area contributed by atoms with E-state index in [1.165, 1.54) is 12.1 Å². The van der Waals surface area contributed by atoms with Crippen LogP contribution in [0.1, 0.15) is 23.6 Å². The molecule has 1 aliphatic heterocycles. The summed E-state index contributed by atoms with van der Waals surface area (Å²) in [6.07, 6.45) is 2.76. The van der Waals surface area contributed by atoms with E-state index < -0.39 is 0 Å². The number of fused-ring (bicyclic) bond motifs is 3. The first-order valence-electron chi connectivity index (χ1n) is 5.85. The lowest BCUT2D eigenvalue weighted by molar-refractivity contribution is 0.520. The SMILES string of the molecule is Fc1ccc(F)c([C@]23C[C@H]2c2c[nH]c(=S)n2C3)c1. The lowest BCUT2D eigenvalue weighted by atomic mass is 9.94. The highest BCUT2D eigenvalue weighted by Gasteiger charge is 2.62. The van der Waals surface area contributed by atoms with Crippen molar-refractivity contribution in [2.24, 2.45) is 0 Å². The van der Waals surface area contributed by atoms with Crippen LogP contribution in [0.15, 0.2) is 24.4 Å². The molecule has 4 rings (SSSR count). The molecule has 1 aliphatic carbocycles. The van der Waals surface area contributed by atoms with Crippen molar-refractivity contribution < 1.29 is 8.78 Å². The van der Waals surface area contributed by atoms with Crippen LogP contribution in [0.5, 0.6) is 0 Å². The quantitative estimate of drug-likeness (QED) is 0.784. The number of halogens is 2. The van der Waals surface area contributed by atoms with Gasteiger partial charge in [0, 0.05) is 29.8 Å². The van der Waals surface area contributed by atoms with Gasteiger partial charge in [0.1, 0.15) is 11.6 Å². The van der Waals surface area contributed by atoms with Crippen LogP contribution in [0.25, 0.3) is 0 Å². The predicted octanol–water partition coefficient (Wildman–Crippen LogP) is 3.26. The van der Waals surface area contributed by atoms with E-state index in [9.17, 15) is 8.78 Å². The Morgan fingerprint density at radius 3 is 3.00 bits per heavy atom. The summed E-state index contributed by atoms with van der Waals surface area (Å²) in [7, 11) is 0. The molecule has 1 aromatic carbocycles. The van der Waals surface area contributed by atoms with Crippen molar-refractivity contribution in [1.82, 2.24) is 9.55 Å². The lowest BCUT2D eigenvalue weighted by Crippen LogP contribution is -2.14. The number of hydrogen-bond donors (Lipinski definition) is 1. The summed E-state index contributed by atoms with van der Waals surface area (Å²) >= 11 is 5.18. The molecule has 18 heavy (non-hydrogen) atoms. The van der Waals surface area contributed by atoms with Gasteiger partial charge in [-0.05, 0) is 42.4 Å². The van der Waals surface area contributed by atoms with Gasteiger partial charge in [0.15, 0.2) is 4.77 Å². The van der Waals surface area contributed by atoms with Crippen LogP contribution in [0.4, 0.5) is 8.78 Å². The van der Waals surface area contributed by atoms with Crippen LogP contribution in [-0.2, 0) is 12.0 Å². The monoisotopic (exact) mass is 264 g/mol. The van der Waals surface area contributed by atoms with Gasteiger partial charge in [-0.2, -0.15) is 0 Å². The van der Waals surface area contributed by atoms with Crippen molar-refractivity contribution in [3.8, 4) is 0 Å². The molecule has 92 valence electrons. The maximum absolute atomic E-state index is 13.9. The maximum Gasteiger partial charge on any atom is 0.177 e. The Morgan fingerprint density at radius 1 is 1.39 bits per heavy atom. The summed E-state index contributed by atoms with van der Waals surface area (Å²) in [5.74, 6) is -0.436. The molecule has 2 aromatic rings. The van der Waals surface area contributed by atoms with Gasteiger partial charge in [0.25, 0.3) is 0 Å². The Kier molecular flexibility index (Phi) is 1.79. The number of nitrogens with zero attached hydrogens (tertiary/aromatic N) is 1. The van der Waals surface area contributed by atoms with Crippen molar-refractivity contribution in [1.29, 1.82) is 0 Å². The third-order valence-corrected chi connectivity index (χ3v) is 4.58. The van der Waals surface area contributed by atoms with Crippen molar-refractivity contribution in [2.75, 3.05) is 0 Å². The van der Waals surface area contributed by atoms with E-state index >= 15 is 0 Å². The van der Waals surface area contributed by atoms with Crippen LogP contribution in [0.2, 0.25) is 0 Å². The Balaban J connectivity index is 1.86. The van der Waals surface area contributed by atoms with E-state index in [4.69, 9.17) is 12.2 Å². The molecular formula is C13H10F2N2S. The minimum atomic E-state index is -0.381. The number of rotatable bonds is 1. The highest BCUT2D eigenvalue weighted by atomic mass is 32.1. The molecule has 2 aliphatic rings. The third-order valence-electron chi connectivity index (χ3n) is 4.24. The second kappa shape index (κ2) is 3.09. The van der Waals surface area contributed by atoms with E-state index in [0.29, 0.717) is 16.9 Å². The van der Waals surface area contributed by atoms with Gasteiger partial charge in [-0.25, -0.2) is 8.78 Å². The number of hydrogen-bond acceptors (Lipinski definition) is 1. The van der Waals surface area contributed by atoms with E-state index in [0.717, 1.165) is 18.2 Å². The van der Waals surface area contributed by atoms with Crippen LogP contribution in [0.3, 0.4) is 0 Å². The van der Waals surface area contributed by atoms with Gasteiger partial charge in [-0.3, -0.25) is 0 Å². The fraction of sp³-hybridized carbons (Fsp3) is 0.308. The maximum atomic E-state index is 13.9. The van der Waals surface area contributed by atoms with Gasteiger partial charge in [-0.1, -0.05) is 0 Å². The number of benzene rings is 1. The van der Waals surface area contributed by atoms with Gasteiger partial charge in [0.05, 0.1) is 0 Å². The van der Waals surface area contributed by atoms with E-state index in [2.05, 4.69) is 4.98 Å². The van der Waals surface area contributed by atoms with Crippen molar-refractivity contribution >= 4 is 12.2 Å². The number of aromatic nitrogens is 2. The van der Waals surface area contributed by atoms with E-state index in [1.807, 2.05) is 10.8 Å². The molecular weight excluding hydrogens is 254 g/mol. The Hall–Kier alpha value is -1.49. The molecule has 0 spiro atoms. The molecule has 1 fully saturated rings. The number of aromatic amines is 1. The molecule has 2 nitrogen and oxygen atoms in total. The summed E-state index contributed by atoms with van der Waals surface area (Å²) in [5.41, 5.74) is 1.33. The van der Waals surface area contributed by atoms with Crippen LogP contribution < -0.4 is 0 Å². The Bertz CT molecular complexity index is 718. The number of imidazole rings is 1. The molecule has 1 N–H and O–H groups in total. The second-order valence-corrected chi connectivity index (χ2v) is 5.53. The molecule has 0 unspecified atom stereocenters. The van der Waals surface area contributed by atoms with Crippen molar-refractivity contribution in [3.63, 3.8) is 0 Å². The van der Waals surface area contributed by atoms with Gasteiger partial charge < -0.3 is 9.55 Å². The first kappa shape index (κ1) is 10.4. The molecule has 1 saturated carbocycles. The van der Waals surface area contributed by atoms with Gasteiger partial charge >= 0.3 is 0 Å². The van der Waals surface area contributed by atoms with Crippen molar-refractivity contribution in [2.45, 2.75) is 24.3 Å². The predicted molar refractivity (Wildman–Crippen MR) is 65.0 cm³/mol. The minimum Gasteiger partial charge on any atom is -0.337 e.